The Labute approximate surface area is 288 Å². The number of hydrogen-bond donors (Lipinski definition) is 1. The highest BCUT2D eigenvalue weighted by molar-refractivity contribution is 5.72. The number of fused-ring (bicyclic) bond motifs is 3. The summed E-state index contributed by atoms with van der Waals surface area (Å²) in [4.78, 5) is 18.9. The minimum absolute atomic E-state index is 0.00680. The van der Waals surface area contributed by atoms with E-state index in [-0.39, 0.29) is 5.97 Å². The summed E-state index contributed by atoms with van der Waals surface area (Å²) in [6.07, 6.45) is 37.0. The van der Waals surface area contributed by atoms with Gasteiger partial charge in [0.05, 0.1) is 19.5 Å². The fourth-order valence-electron chi connectivity index (χ4n) is 7.70. The summed E-state index contributed by atoms with van der Waals surface area (Å²) in [5.41, 5.74) is 0.397. The summed E-state index contributed by atoms with van der Waals surface area (Å²) in [7, 11) is 0. The number of nitrogens with zero attached hydrogens (tertiary/aromatic N) is 3. The smallest absolute Gasteiger partial charge is 0.305 e. The number of nitrogens with one attached hydrogen (secondary N) is 1. The second-order valence-corrected chi connectivity index (χ2v) is 15.1. The molecule has 0 saturated heterocycles. The highest BCUT2D eigenvalue weighted by atomic mass is 16.5. The fraction of sp³-hybridized carbons (Fsp3) is 0.875. The molecule has 0 spiro atoms. The van der Waals surface area contributed by atoms with Crippen molar-refractivity contribution >= 4 is 11.9 Å². The summed E-state index contributed by atoms with van der Waals surface area (Å²) < 4.78 is 13.6. The molecule has 1 heterocycles. The van der Waals surface area contributed by atoms with Crippen LogP contribution in [0.5, 0.6) is 0 Å². The SMILES string of the molecule is CCCCCCCCCOC(=O)CCCCCCCN(CCCCCCCC(=N)OCC12CCC(CC1)CC2)CCCn1ccnc1. The molecule has 0 radical (unpaired) electrons. The van der Waals surface area contributed by atoms with Crippen LogP contribution in [0.25, 0.3) is 0 Å². The molecule has 0 aliphatic heterocycles. The third-order valence-corrected chi connectivity index (χ3v) is 11.0. The molecule has 47 heavy (non-hydrogen) atoms. The van der Waals surface area contributed by atoms with Crippen molar-refractivity contribution in [2.45, 2.75) is 180 Å². The predicted molar refractivity (Wildman–Crippen MR) is 195 cm³/mol. The summed E-state index contributed by atoms with van der Waals surface area (Å²) >= 11 is 0. The number of carbonyl (C=O) groups excluding carboxylic acids is 1. The van der Waals surface area contributed by atoms with Gasteiger partial charge in [-0.1, -0.05) is 84.0 Å². The van der Waals surface area contributed by atoms with Crippen LogP contribution in [0.1, 0.15) is 174 Å². The quantitative estimate of drug-likeness (QED) is 0.0386. The standard InChI is InChI=1S/C40H72N4O3/c1-2-3-4-5-6-13-18-34-46-39(45)21-15-10-8-12-17-30-43(31-19-32-44-33-28-42-36-44)29-16-11-7-9-14-20-38(41)47-35-40-25-22-37(23-26-40)24-27-40/h28,33,36-37,41H,2-27,29-32,34-35H2,1H3. The van der Waals surface area contributed by atoms with E-state index in [1.165, 1.54) is 135 Å². The zero-order chi connectivity index (χ0) is 33.3. The molecule has 3 aliphatic carbocycles. The average Bonchev–Trinajstić information content (AvgIpc) is 3.62. The van der Waals surface area contributed by atoms with E-state index in [1.807, 2.05) is 12.5 Å². The van der Waals surface area contributed by atoms with Gasteiger partial charge in [-0.3, -0.25) is 10.2 Å². The highest BCUT2D eigenvalue weighted by Crippen LogP contribution is 2.50. The normalized spacial score (nSPS) is 19.0. The summed E-state index contributed by atoms with van der Waals surface area (Å²) in [5, 5.41) is 8.31. The molecular formula is C40H72N4O3. The zero-order valence-electron chi connectivity index (χ0n) is 30.5. The molecule has 4 rings (SSSR count). The van der Waals surface area contributed by atoms with Crippen molar-refractivity contribution in [2.75, 3.05) is 32.8 Å². The molecule has 7 nitrogen and oxygen atoms in total. The van der Waals surface area contributed by atoms with Crippen LogP contribution in [-0.2, 0) is 20.8 Å². The average molecular weight is 657 g/mol. The number of esters is 1. The Balaban J connectivity index is 1.16. The number of ether oxygens (including phenoxy) is 2. The second kappa shape index (κ2) is 25.1. The van der Waals surface area contributed by atoms with Crippen LogP contribution < -0.4 is 0 Å². The first kappa shape index (κ1) is 39.5. The van der Waals surface area contributed by atoms with Gasteiger partial charge in [0.15, 0.2) is 5.90 Å². The van der Waals surface area contributed by atoms with E-state index < -0.39 is 0 Å². The molecule has 2 bridgehead atoms. The lowest BCUT2D eigenvalue weighted by Crippen LogP contribution is -2.38. The van der Waals surface area contributed by atoms with Gasteiger partial charge in [-0.25, -0.2) is 4.98 Å². The highest BCUT2D eigenvalue weighted by Gasteiger charge is 2.41. The summed E-state index contributed by atoms with van der Waals surface area (Å²) in [5.74, 6) is 1.50. The van der Waals surface area contributed by atoms with Crippen molar-refractivity contribution < 1.29 is 14.3 Å². The van der Waals surface area contributed by atoms with Gasteiger partial charge in [0, 0.05) is 37.2 Å². The first-order valence-electron chi connectivity index (χ1n) is 20.1. The van der Waals surface area contributed by atoms with Gasteiger partial charge in [-0.2, -0.15) is 0 Å². The Morgan fingerprint density at radius 3 is 1.98 bits per heavy atom. The predicted octanol–water partition coefficient (Wildman–Crippen LogP) is 10.5. The molecule has 0 aromatic carbocycles. The first-order valence-corrected chi connectivity index (χ1v) is 20.1. The van der Waals surface area contributed by atoms with E-state index >= 15 is 0 Å². The molecule has 0 amide bonds. The van der Waals surface area contributed by atoms with Crippen LogP contribution >= 0.6 is 0 Å². The van der Waals surface area contributed by atoms with Gasteiger partial charge >= 0.3 is 5.97 Å². The lowest BCUT2D eigenvalue weighted by Gasteiger charge is -2.46. The van der Waals surface area contributed by atoms with Gasteiger partial charge < -0.3 is 18.9 Å². The minimum atomic E-state index is -0.00680. The van der Waals surface area contributed by atoms with Crippen LogP contribution in [-0.4, -0.2) is 59.2 Å². The Bertz CT molecular complexity index is 899. The first-order chi connectivity index (χ1) is 23.1. The molecule has 1 aromatic heterocycles. The van der Waals surface area contributed by atoms with E-state index in [2.05, 4.69) is 27.6 Å². The number of aromatic nitrogens is 2. The van der Waals surface area contributed by atoms with Crippen molar-refractivity contribution in [3.05, 3.63) is 18.7 Å². The molecule has 3 saturated carbocycles. The number of carbonyl (C=O) groups is 1. The largest absolute Gasteiger partial charge is 0.481 e. The van der Waals surface area contributed by atoms with E-state index in [0.29, 0.717) is 24.3 Å². The zero-order valence-corrected chi connectivity index (χ0v) is 30.5. The van der Waals surface area contributed by atoms with Gasteiger partial charge in [0.2, 0.25) is 0 Å². The summed E-state index contributed by atoms with van der Waals surface area (Å²) in [6, 6.07) is 0. The Morgan fingerprint density at radius 1 is 0.766 bits per heavy atom. The van der Waals surface area contributed by atoms with Gasteiger partial charge in [-0.05, 0) is 103 Å². The van der Waals surface area contributed by atoms with Crippen molar-refractivity contribution in [3.8, 4) is 0 Å². The van der Waals surface area contributed by atoms with Crippen molar-refractivity contribution in [3.63, 3.8) is 0 Å². The molecule has 3 fully saturated rings. The van der Waals surface area contributed by atoms with Gasteiger partial charge in [0.25, 0.3) is 0 Å². The van der Waals surface area contributed by atoms with E-state index in [9.17, 15) is 4.79 Å². The van der Waals surface area contributed by atoms with Crippen molar-refractivity contribution in [1.29, 1.82) is 5.41 Å². The van der Waals surface area contributed by atoms with Crippen LogP contribution in [0, 0.1) is 16.7 Å². The van der Waals surface area contributed by atoms with Crippen LogP contribution in [0.3, 0.4) is 0 Å². The van der Waals surface area contributed by atoms with Gasteiger partial charge in [-0.15, -0.1) is 0 Å². The lowest BCUT2D eigenvalue weighted by atomic mass is 9.61. The monoisotopic (exact) mass is 657 g/mol. The third-order valence-electron chi connectivity index (χ3n) is 11.0. The van der Waals surface area contributed by atoms with Crippen LogP contribution in [0.4, 0.5) is 0 Å². The minimum Gasteiger partial charge on any atom is -0.481 e. The fourth-order valence-corrected chi connectivity index (χ4v) is 7.70. The molecule has 1 aromatic rings. The maximum absolute atomic E-state index is 12.0. The lowest BCUT2D eigenvalue weighted by molar-refractivity contribution is -0.143. The summed E-state index contributed by atoms with van der Waals surface area (Å²) in [6.45, 7) is 8.16. The molecule has 270 valence electrons. The Kier molecular flexibility index (Phi) is 21.1. The number of hydrogen-bond acceptors (Lipinski definition) is 6. The van der Waals surface area contributed by atoms with E-state index in [4.69, 9.17) is 14.9 Å². The molecule has 3 aliphatic rings. The van der Waals surface area contributed by atoms with Crippen LogP contribution in [0.15, 0.2) is 18.7 Å². The number of unbranched alkanes of at least 4 members (excludes halogenated alkanes) is 14. The molecular weight excluding hydrogens is 584 g/mol. The number of aryl methyl sites for hydroxylation is 1. The van der Waals surface area contributed by atoms with Crippen molar-refractivity contribution in [2.24, 2.45) is 11.3 Å². The molecule has 0 unspecified atom stereocenters. The number of imidazole rings is 1. The van der Waals surface area contributed by atoms with Gasteiger partial charge in [0.1, 0.15) is 0 Å². The maximum atomic E-state index is 12.0. The second-order valence-electron chi connectivity index (χ2n) is 15.1. The number of rotatable bonds is 30. The maximum Gasteiger partial charge on any atom is 0.305 e. The Hall–Kier alpha value is -1.89. The third kappa shape index (κ3) is 18.5. The van der Waals surface area contributed by atoms with Crippen LogP contribution in [0.2, 0.25) is 0 Å². The topological polar surface area (TPSA) is 80.4 Å². The molecule has 7 heteroatoms. The molecule has 0 atom stereocenters. The van der Waals surface area contributed by atoms with Crippen molar-refractivity contribution in [1.82, 2.24) is 14.5 Å². The van der Waals surface area contributed by atoms with E-state index in [0.717, 1.165) is 64.1 Å². The molecule has 1 N–H and O–H groups in total. The van der Waals surface area contributed by atoms with E-state index in [1.54, 1.807) is 0 Å². The Morgan fingerprint density at radius 2 is 1.34 bits per heavy atom.